The van der Waals surface area contributed by atoms with E-state index in [2.05, 4.69) is 4.90 Å². The van der Waals surface area contributed by atoms with Crippen molar-refractivity contribution in [2.75, 3.05) is 48.0 Å². The lowest BCUT2D eigenvalue weighted by atomic mass is 9.89. The number of benzene rings is 3. The van der Waals surface area contributed by atoms with E-state index in [0.717, 1.165) is 35.7 Å². The fraction of sp³-hybridized carbons (Fsp3) is 0.344. The summed E-state index contributed by atoms with van der Waals surface area (Å²) in [5.74, 6) is 0.679. The van der Waals surface area contributed by atoms with Gasteiger partial charge in [-0.15, -0.1) is 0 Å². The van der Waals surface area contributed by atoms with Gasteiger partial charge in [0, 0.05) is 68.7 Å². The first-order valence-electron chi connectivity index (χ1n) is 13.8. The summed E-state index contributed by atoms with van der Waals surface area (Å²) in [5.41, 5.74) is 4.24. The predicted molar refractivity (Wildman–Crippen MR) is 157 cm³/mol. The van der Waals surface area contributed by atoms with Crippen molar-refractivity contribution < 1.29 is 19.1 Å². The van der Waals surface area contributed by atoms with E-state index in [-0.39, 0.29) is 29.8 Å². The molecule has 0 aromatic heterocycles. The lowest BCUT2D eigenvalue weighted by Crippen LogP contribution is -2.48. The van der Waals surface area contributed by atoms with Crippen molar-refractivity contribution in [1.29, 1.82) is 0 Å². The van der Waals surface area contributed by atoms with Crippen molar-refractivity contribution in [3.63, 3.8) is 0 Å². The average Bonchev–Trinajstić information content (AvgIpc) is 2.97. The van der Waals surface area contributed by atoms with Gasteiger partial charge in [0.1, 0.15) is 5.75 Å². The van der Waals surface area contributed by atoms with Gasteiger partial charge < -0.3 is 24.3 Å². The Labute approximate surface area is 235 Å². The molecule has 208 valence electrons. The summed E-state index contributed by atoms with van der Waals surface area (Å²) >= 11 is 0. The van der Waals surface area contributed by atoms with E-state index in [1.807, 2.05) is 70.2 Å². The SMILES string of the molecule is COc1ccc(C(=O)N2c3ccccc3[C@H](N(C(C)=O)c3ccc(N4CCN(C(C)=O)CC4)cc3)C[C@@H]2C)cc1. The van der Waals surface area contributed by atoms with Crippen LogP contribution in [0.4, 0.5) is 17.1 Å². The van der Waals surface area contributed by atoms with E-state index >= 15 is 0 Å². The zero-order valence-electron chi connectivity index (χ0n) is 23.5. The van der Waals surface area contributed by atoms with Crippen LogP contribution in [-0.2, 0) is 9.59 Å². The molecule has 2 aliphatic rings. The van der Waals surface area contributed by atoms with E-state index in [9.17, 15) is 14.4 Å². The van der Waals surface area contributed by atoms with Crippen LogP contribution >= 0.6 is 0 Å². The maximum absolute atomic E-state index is 13.7. The second-order valence-corrected chi connectivity index (χ2v) is 10.5. The number of hydrogen-bond acceptors (Lipinski definition) is 5. The third-order valence-electron chi connectivity index (χ3n) is 7.99. The molecule has 8 heteroatoms. The van der Waals surface area contributed by atoms with E-state index < -0.39 is 0 Å². The number of para-hydroxylation sites is 1. The Bertz CT molecular complexity index is 1380. The Kier molecular flexibility index (Phi) is 7.78. The van der Waals surface area contributed by atoms with Gasteiger partial charge in [-0.3, -0.25) is 14.4 Å². The second kappa shape index (κ2) is 11.4. The second-order valence-electron chi connectivity index (χ2n) is 10.5. The summed E-state index contributed by atoms with van der Waals surface area (Å²) < 4.78 is 5.25. The number of carbonyl (C=O) groups is 3. The van der Waals surface area contributed by atoms with Crippen molar-refractivity contribution in [1.82, 2.24) is 4.90 Å². The summed E-state index contributed by atoms with van der Waals surface area (Å²) in [7, 11) is 1.60. The summed E-state index contributed by atoms with van der Waals surface area (Å²) in [4.78, 5) is 46.3. The zero-order valence-corrected chi connectivity index (χ0v) is 23.5. The highest BCUT2D eigenvalue weighted by molar-refractivity contribution is 6.07. The molecule has 0 saturated carbocycles. The molecule has 0 N–H and O–H groups in total. The van der Waals surface area contributed by atoms with Gasteiger partial charge in [0.05, 0.1) is 13.2 Å². The number of ether oxygens (including phenoxy) is 1. The minimum Gasteiger partial charge on any atom is -0.497 e. The van der Waals surface area contributed by atoms with Crippen LogP contribution in [0.3, 0.4) is 0 Å². The fourth-order valence-electron chi connectivity index (χ4n) is 5.89. The van der Waals surface area contributed by atoms with Gasteiger partial charge in [0.25, 0.3) is 5.91 Å². The number of nitrogens with zero attached hydrogens (tertiary/aromatic N) is 4. The standard InChI is InChI=1S/C32H36N4O4/c1-22-21-31(29-7-5-6-8-30(29)35(22)32(39)25-9-15-28(40-4)16-10-25)36(24(3)38)27-13-11-26(12-14-27)34-19-17-33(18-20-34)23(2)37/h5-16,22,31H,17-21H2,1-4H3/t22-,31+/m0/s1. The predicted octanol–water partition coefficient (Wildman–Crippen LogP) is 4.90. The molecule has 1 fully saturated rings. The molecule has 5 rings (SSSR count). The normalized spacial score (nSPS) is 18.6. The zero-order chi connectivity index (χ0) is 28.4. The molecule has 2 atom stereocenters. The largest absolute Gasteiger partial charge is 0.497 e. The summed E-state index contributed by atoms with van der Waals surface area (Å²) in [6, 6.07) is 22.8. The molecule has 0 spiro atoms. The number of carbonyl (C=O) groups excluding carboxylic acids is 3. The minimum absolute atomic E-state index is 0.0512. The van der Waals surface area contributed by atoms with Gasteiger partial charge in [0.2, 0.25) is 11.8 Å². The van der Waals surface area contributed by atoms with Crippen LogP contribution in [0.2, 0.25) is 0 Å². The molecule has 8 nitrogen and oxygen atoms in total. The quantitative estimate of drug-likeness (QED) is 0.461. The molecule has 0 unspecified atom stereocenters. The van der Waals surface area contributed by atoms with E-state index in [0.29, 0.717) is 30.8 Å². The molecular weight excluding hydrogens is 504 g/mol. The molecule has 0 aliphatic carbocycles. The highest BCUT2D eigenvalue weighted by Crippen LogP contribution is 2.43. The molecule has 0 radical (unpaired) electrons. The average molecular weight is 541 g/mol. The molecular formula is C32H36N4O4. The molecule has 3 amide bonds. The third-order valence-corrected chi connectivity index (χ3v) is 7.99. The van der Waals surface area contributed by atoms with Crippen LogP contribution in [0, 0.1) is 0 Å². The summed E-state index contributed by atoms with van der Waals surface area (Å²) in [6.07, 6.45) is 0.604. The highest BCUT2D eigenvalue weighted by Gasteiger charge is 2.38. The number of hydrogen-bond donors (Lipinski definition) is 0. The first kappa shape index (κ1) is 27.2. The van der Waals surface area contributed by atoms with E-state index in [1.54, 1.807) is 45.2 Å². The molecule has 2 heterocycles. The topological polar surface area (TPSA) is 73.4 Å². The fourth-order valence-corrected chi connectivity index (χ4v) is 5.89. The number of fused-ring (bicyclic) bond motifs is 1. The first-order chi connectivity index (χ1) is 19.3. The first-order valence-corrected chi connectivity index (χ1v) is 13.8. The van der Waals surface area contributed by atoms with Crippen LogP contribution in [0.15, 0.2) is 72.8 Å². The van der Waals surface area contributed by atoms with E-state index in [1.165, 1.54) is 0 Å². The Morgan fingerprint density at radius 2 is 1.50 bits per heavy atom. The van der Waals surface area contributed by atoms with Crippen molar-refractivity contribution in [2.45, 2.75) is 39.3 Å². The molecule has 40 heavy (non-hydrogen) atoms. The van der Waals surface area contributed by atoms with Crippen LogP contribution in [-0.4, -0.2) is 62.0 Å². The Morgan fingerprint density at radius 3 is 2.10 bits per heavy atom. The maximum Gasteiger partial charge on any atom is 0.258 e. The lowest BCUT2D eigenvalue weighted by molar-refractivity contribution is -0.129. The van der Waals surface area contributed by atoms with Crippen molar-refractivity contribution in [3.8, 4) is 5.75 Å². The number of piperazine rings is 1. The summed E-state index contributed by atoms with van der Waals surface area (Å²) in [6.45, 7) is 8.21. The van der Waals surface area contributed by atoms with Gasteiger partial charge in [0.15, 0.2) is 0 Å². The van der Waals surface area contributed by atoms with Gasteiger partial charge in [-0.2, -0.15) is 0 Å². The minimum atomic E-state index is -0.214. The van der Waals surface area contributed by atoms with Crippen molar-refractivity contribution in [2.24, 2.45) is 0 Å². The Morgan fingerprint density at radius 1 is 0.850 bits per heavy atom. The smallest absolute Gasteiger partial charge is 0.258 e. The van der Waals surface area contributed by atoms with Crippen LogP contribution < -0.4 is 19.4 Å². The molecule has 3 aromatic carbocycles. The van der Waals surface area contributed by atoms with Crippen LogP contribution in [0.25, 0.3) is 0 Å². The van der Waals surface area contributed by atoms with E-state index in [4.69, 9.17) is 4.74 Å². The number of methoxy groups -OCH3 is 1. The number of amides is 3. The highest BCUT2D eigenvalue weighted by atomic mass is 16.5. The number of anilines is 3. The van der Waals surface area contributed by atoms with Crippen LogP contribution in [0.5, 0.6) is 5.75 Å². The molecule has 1 saturated heterocycles. The van der Waals surface area contributed by atoms with Crippen molar-refractivity contribution in [3.05, 3.63) is 83.9 Å². The molecule has 0 bridgehead atoms. The summed E-state index contributed by atoms with van der Waals surface area (Å²) in [5, 5.41) is 0. The van der Waals surface area contributed by atoms with Gasteiger partial charge in [-0.25, -0.2) is 0 Å². The maximum atomic E-state index is 13.7. The molecule has 3 aromatic rings. The van der Waals surface area contributed by atoms with Crippen LogP contribution in [0.1, 0.15) is 49.2 Å². The number of rotatable bonds is 5. The Balaban J connectivity index is 1.41. The van der Waals surface area contributed by atoms with Gasteiger partial charge >= 0.3 is 0 Å². The third kappa shape index (κ3) is 5.26. The monoisotopic (exact) mass is 540 g/mol. The lowest BCUT2D eigenvalue weighted by Gasteiger charge is -2.43. The Hall–Kier alpha value is -4.33. The molecule has 2 aliphatic heterocycles. The van der Waals surface area contributed by atoms with Gasteiger partial charge in [-0.05, 0) is 73.5 Å². The van der Waals surface area contributed by atoms with Gasteiger partial charge in [-0.1, -0.05) is 18.2 Å². The van der Waals surface area contributed by atoms with Crippen molar-refractivity contribution >= 4 is 34.8 Å².